The summed E-state index contributed by atoms with van der Waals surface area (Å²) in [5, 5.41) is 9.72. The Hall–Kier alpha value is -3.72. The molecule has 1 aliphatic rings. The fourth-order valence-electron chi connectivity index (χ4n) is 4.84. The molecule has 5 rings (SSSR count). The molecule has 0 amide bonds. The van der Waals surface area contributed by atoms with E-state index in [4.69, 9.17) is 5.84 Å². The van der Waals surface area contributed by atoms with Crippen LogP contribution in [0.4, 0.5) is 20.5 Å². The summed E-state index contributed by atoms with van der Waals surface area (Å²) < 4.78 is 27.5. The predicted octanol–water partition coefficient (Wildman–Crippen LogP) is 4.23. The number of halogens is 2. The van der Waals surface area contributed by atoms with Gasteiger partial charge >= 0.3 is 0 Å². The van der Waals surface area contributed by atoms with Gasteiger partial charge in [-0.25, -0.2) is 19.6 Å². The molecule has 8 nitrogen and oxygen atoms in total. The lowest BCUT2D eigenvalue weighted by atomic mass is 9.92. The number of benzene rings is 2. The molecular weight excluding hydrogens is 482 g/mol. The molecule has 3 heterocycles. The van der Waals surface area contributed by atoms with Crippen molar-refractivity contribution in [3.8, 4) is 6.07 Å². The number of aromatic nitrogens is 3. The Morgan fingerprint density at radius 1 is 1.08 bits per heavy atom. The second-order valence-corrected chi connectivity index (χ2v) is 9.57. The molecule has 0 spiro atoms. The minimum atomic E-state index is -0.330. The van der Waals surface area contributed by atoms with Gasteiger partial charge in [0.1, 0.15) is 17.2 Å². The third kappa shape index (κ3) is 4.58. The molecule has 0 saturated carbocycles. The van der Waals surface area contributed by atoms with Gasteiger partial charge in [-0.05, 0) is 42.3 Å². The maximum Gasteiger partial charge on any atom is 0.240 e. The Morgan fingerprint density at radius 3 is 2.31 bits per heavy atom. The monoisotopic (exact) mass is 506 g/mol. The minimum Gasteiger partial charge on any atom is -0.349 e. The van der Waals surface area contributed by atoms with Crippen molar-refractivity contribution in [2.75, 3.05) is 23.4 Å². The molecule has 1 saturated heterocycles. The largest absolute Gasteiger partial charge is 0.349 e. The van der Waals surface area contributed by atoms with E-state index >= 15 is 0 Å². The summed E-state index contributed by atoms with van der Waals surface area (Å²) in [4.78, 5) is 18.6. The number of nitriles is 1. The van der Waals surface area contributed by atoms with Gasteiger partial charge in [-0.1, -0.05) is 24.3 Å². The molecule has 0 aliphatic carbocycles. The fraction of sp³-hybridized carbons (Fsp3) is 0.280. The highest BCUT2D eigenvalue weighted by Gasteiger charge is 2.38. The Balaban J connectivity index is 1.56. The number of hydrogen-bond donors (Lipinski definition) is 2. The summed E-state index contributed by atoms with van der Waals surface area (Å²) in [6, 6.07) is 14.5. The summed E-state index contributed by atoms with van der Waals surface area (Å²) in [6.07, 6.45) is 0.259. The first-order valence-electron chi connectivity index (χ1n) is 11.5. The summed E-state index contributed by atoms with van der Waals surface area (Å²) >= 11 is 1.40. The third-order valence-corrected chi connectivity index (χ3v) is 7.21. The van der Waals surface area contributed by atoms with Crippen LogP contribution in [0.25, 0.3) is 10.3 Å². The van der Waals surface area contributed by atoms with Gasteiger partial charge in [-0.15, -0.1) is 11.3 Å². The van der Waals surface area contributed by atoms with Crippen LogP contribution in [-0.2, 0) is 0 Å². The van der Waals surface area contributed by atoms with E-state index in [9.17, 15) is 14.0 Å². The molecule has 184 valence electrons. The van der Waals surface area contributed by atoms with E-state index in [1.165, 1.54) is 35.6 Å². The van der Waals surface area contributed by atoms with Crippen LogP contribution in [0.1, 0.15) is 30.5 Å². The molecular formula is C25H24F2N8S. The average Bonchev–Trinajstić information content (AvgIpc) is 3.36. The van der Waals surface area contributed by atoms with Gasteiger partial charge in [-0.2, -0.15) is 15.2 Å². The number of hydrazine groups is 1. The van der Waals surface area contributed by atoms with Crippen molar-refractivity contribution in [2.45, 2.75) is 31.5 Å². The van der Waals surface area contributed by atoms with Crippen LogP contribution in [0.5, 0.6) is 0 Å². The number of nitrogens with zero attached hydrogens (tertiary/aromatic N) is 6. The second-order valence-electron chi connectivity index (χ2n) is 8.74. The Labute approximate surface area is 211 Å². The van der Waals surface area contributed by atoms with E-state index in [1.54, 1.807) is 29.8 Å². The first-order valence-corrected chi connectivity index (χ1v) is 12.3. The highest BCUT2D eigenvalue weighted by Crippen LogP contribution is 2.37. The minimum absolute atomic E-state index is 0.0197. The molecule has 2 atom stereocenters. The topological polar surface area (TPSA) is 107 Å². The molecule has 4 aromatic rings. The van der Waals surface area contributed by atoms with Gasteiger partial charge < -0.3 is 4.90 Å². The molecule has 1 aliphatic heterocycles. The van der Waals surface area contributed by atoms with E-state index in [0.29, 0.717) is 30.4 Å². The van der Waals surface area contributed by atoms with E-state index in [0.717, 1.165) is 16.0 Å². The SMILES string of the molecule is C[C@H]1CN(C(c2ccc(F)cc2)c2ccc(F)cc2)[C@H](CC#N)CN1c1nc(NN)nc2scnc12. The Morgan fingerprint density at radius 2 is 1.72 bits per heavy atom. The van der Waals surface area contributed by atoms with Gasteiger partial charge in [-0.3, -0.25) is 10.3 Å². The van der Waals surface area contributed by atoms with E-state index in [1.807, 2.05) is 0 Å². The number of piperazine rings is 1. The van der Waals surface area contributed by atoms with Crippen LogP contribution < -0.4 is 16.2 Å². The molecule has 2 aromatic carbocycles. The van der Waals surface area contributed by atoms with Crippen molar-refractivity contribution in [1.82, 2.24) is 19.9 Å². The number of thiazole rings is 1. The fourth-order valence-corrected chi connectivity index (χ4v) is 5.49. The molecule has 11 heteroatoms. The quantitative estimate of drug-likeness (QED) is 0.296. The highest BCUT2D eigenvalue weighted by molar-refractivity contribution is 7.16. The highest BCUT2D eigenvalue weighted by atomic mass is 32.1. The number of nitrogens with one attached hydrogen (secondary N) is 1. The maximum atomic E-state index is 13.8. The summed E-state index contributed by atoms with van der Waals surface area (Å²) in [5.74, 6) is 5.91. The maximum absolute atomic E-state index is 13.8. The van der Waals surface area contributed by atoms with Crippen LogP contribution >= 0.6 is 11.3 Å². The van der Waals surface area contributed by atoms with Gasteiger partial charge in [0.25, 0.3) is 0 Å². The Kier molecular flexibility index (Phi) is 6.73. The number of anilines is 2. The second kappa shape index (κ2) is 10.1. The number of rotatable bonds is 6. The lowest BCUT2D eigenvalue weighted by Crippen LogP contribution is -2.58. The van der Waals surface area contributed by atoms with Gasteiger partial charge in [0, 0.05) is 25.2 Å². The number of nitrogens with two attached hydrogens (primary N) is 1. The van der Waals surface area contributed by atoms with Crippen LogP contribution in [0.3, 0.4) is 0 Å². The lowest BCUT2D eigenvalue weighted by molar-refractivity contribution is 0.121. The average molecular weight is 507 g/mol. The Bertz CT molecular complexity index is 1340. The van der Waals surface area contributed by atoms with Gasteiger partial charge in [0.05, 0.1) is 24.0 Å². The van der Waals surface area contributed by atoms with Crippen LogP contribution in [0.15, 0.2) is 54.0 Å². The number of fused-ring (bicyclic) bond motifs is 1. The van der Waals surface area contributed by atoms with Crippen molar-refractivity contribution in [2.24, 2.45) is 5.84 Å². The van der Waals surface area contributed by atoms with Crippen LogP contribution in [0.2, 0.25) is 0 Å². The predicted molar refractivity (Wildman–Crippen MR) is 135 cm³/mol. The van der Waals surface area contributed by atoms with Gasteiger partial charge in [0.2, 0.25) is 5.95 Å². The first-order chi connectivity index (χ1) is 17.5. The van der Waals surface area contributed by atoms with Crippen molar-refractivity contribution >= 4 is 33.5 Å². The molecule has 0 bridgehead atoms. The zero-order valence-corrected chi connectivity index (χ0v) is 20.3. The van der Waals surface area contributed by atoms with Crippen molar-refractivity contribution < 1.29 is 8.78 Å². The van der Waals surface area contributed by atoms with Crippen molar-refractivity contribution in [1.29, 1.82) is 5.26 Å². The molecule has 0 unspecified atom stereocenters. The number of nitrogen functional groups attached to an aromatic ring is 1. The lowest BCUT2D eigenvalue weighted by Gasteiger charge is -2.48. The zero-order valence-electron chi connectivity index (χ0n) is 19.5. The number of hydrogen-bond acceptors (Lipinski definition) is 9. The summed E-state index contributed by atoms with van der Waals surface area (Å²) in [6.45, 7) is 3.16. The van der Waals surface area contributed by atoms with Crippen LogP contribution in [-0.4, -0.2) is 45.0 Å². The van der Waals surface area contributed by atoms with Crippen LogP contribution in [0, 0.1) is 23.0 Å². The first kappa shape index (κ1) is 24.0. The van der Waals surface area contributed by atoms with E-state index < -0.39 is 0 Å². The molecule has 36 heavy (non-hydrogen) atoms. The normalized spacial score (nSPS) is 18.5. The molecule has 3 N–H and O–H groups in total. The summed E-state index contributed by atoms with van der Waals surface area (Å²) in [7, 11) is 0. The molecule has 1 fully saturated rings. The zero-order chi connectivity index (χ0) is 25.2. The van der Waals surface area contributed by atoms with E-state index in [-0.39, 0.29) is 36.2 Å². The smallest absolute Gasteiger partial charge is 0.240 e. The van der Waals surface area contributed by atoms with Crippen molar-refractivity contribution in [3.63, 3.8) is 0 Å². The van der Waals surface area contributed by atoms with E-state index in [2.05, 4.69) is 43.2 Å². The molecule has 0 radical (unpaired) electrons. The standard InChI is InChI=1S/C25H24F2N8S/c1-15-12-35(22(16-2-6-18(26)7-3-16)17-4-8-19(27)9-5-17)20(10-11-28)13-34(15)23-21-24(36-14-30-21)32-25(31-23)33-29/h2-9,14-15,20,22H,10,12-13,29H2,1H3,(H,31,32,33)/t15-,20+/m0/s1. The van der Waals surface area contributed by atoms with Crippen molar-refractivity contribution in [3.05, 3.63) is 76.8 Å². The van der Waals surface area contributed by atoms with Gasteiger partial charge in [0.15, 0.2) is 10.6 Å². The summed E-state index contributed by atoms with van der Waals surface area (Å²) in [5.41, 5.74) is 6.66. The molecule has 2 aromatic heterocycles. The third-order valence-electron chi connectivity index (χ3n) is 6.49.